The first-order chi connectivity index (χ1) is 15.7. The number of para-hydroxylation sites is 1. The number of halogens is 2. The Kier molecular flexibility index (Phi) is 7.53. The van der Waals surface area contributed by atoms with Crippen LogP contribution in [0, 0.1) is 12.7 Å². The molecule has 0 saturated carbocycles. The highest BCUT2D eigenvalue weighted by atomic mass is 35.5. The van der Waals surface area contributed by atoms with Gasteiger partial charge in [0.25, 0.3) is 0 Å². The number of esters is 1. The summed E-state index contributed by atoms with van der Waals surface area (Å²) in [5.41, 5.74) is 4.43. The van der Waals surface area contributed by atoms with E-state index in [9.17, 15) is 18.8 Å². The number of rotatable bonds is 5. The molecule has 7 nitrogen and oxygen atoms in total. The van der Waals surface area contributed by atoms with Crippen LogP contribution in [-0.2, 0) is 9.59 Å². The fourth-order valence-corrected chi connectivity index (χ4v) is 2.89. The van der Waals surface area contributed by atoms with Crippen molar-refractivity contribution in [2.75, 3.05) is 5.32 Å². The molecule has 0 unspecified atom stereocenters. The highest BCUT2D eigenvalue weighted by Crippen LogP contribution is 2.21. The molecule has 168 valence electrons. The van der Waals surface area contributed by atoms with Gasteiger partial charge in [-0.15, -0.1) is 0 Å². The number of hydrazone groups is 1. The molecule has 0 aliphatic rings. The number of nitrogens with zero attached hydrogens (tertiary/aromatic N) is 1. The second-order valence-electron chi connectivity index (χ2n) is 6.97. The molecule has 9 heteroatoms. The second-order valence-corrected chi connectivity index (χ2v) is 7.38. The molecule has 3 aromatic carbocycles. The Morgan fingerprint density at radius 2 is 1.67 bits per heavy atom. The van der Waals surface area contributed by atoms with E-state index in [1.54, 1.807) is 55.5 Å². The summed E-state index contributed by atoms with van der Waals surface area (Å²) in [6, 6.07) is 17.1. The van der Waals surface area contributed by atoms with E-state index in [0.717, 1.165) is 11.6 Å². The molecule has 0 saturated heterocycles. The van der Waals surface area contributed by atoms with Crippen molar-refractivity contribution in [1.82, 2.24) is 5.43 Å². The van der Waals surface area contributed by atoms with Gasteiger partial charge in [-0.1, -0.05) is 41.4 Å². The number of benzene rings is 3. The van der Waals surface area contributed by atoms with Crippen molar-refractivity contribution in [3.05, 3.63) is 94.3 Å². The molecule has 2 amide bonds. The maximum atomic E-state index is 13.2. The lowest BCUT2D eigenvalue weighted by molar-refractivity contribution is -0.136. The van der Waals surface area contributed by atoms with Crippen LogP contribution in [0.3, 0.4) is 0 Å². The Hall–Kier alpha value is -4.04. The number of carbonyl (C=O) groups is 3. The SMILES string of the molecule is C/C(=N\NC(=O)C(=O)Nc1ccc(F)c(Cl)c1)c1ccccc1OC(=O)c1ccc(C)cc1. The predicted octanol–water partition coefficient (Wildman–Crippen LogP) is 4.49. The van der Waals surface area contributed by atoms with Crippen molar-refractivity contribution in [2.24, 2.45) is 5.10 Å². The molecule has 0 radical (unpaired) electrons. The minimum Gasteiger partial charge on any atom is -0.422 e. The topological polar surface area (TPSA) is 96.9 Å². The van der Waals surface area contributed by atoms with Gasteiger partial charge < -0.3 is 10.1 Å². The van der Waals surface area contributed by atoms with Gasteiger partial charge in [0.15, 0.2) is 0 Å². The van der Waals surface area contributed by atoms with Crippen molar-refractivity contribution in [2.45, 2.75) is 13.8 Å². The zero-order chi connectivity index (χ0) is 24.0. The number of aryl methyl sites for hydroxylation is 1. The first-order valence-electron chi connectivity index (χ1n) is 9.73. The Labute approximate surface area is 194 Å². The van der Waals surface area contributed by atoms with Crippen molar-refractivity contribution in [3.8, 4) is 5.75 Å². The van der Waals surface area contributed by atoms with Crippen molar-refractivity contribution in [1.29, 1.82) is 0 Å². The molecule has 3 aromatic rings. The van der Waals surface area contributed by atoms with Gasteiger partial charge in [-0.05, 0) is 56.3 Å². The average Bonchev–Trinajstić information content (AvgIpc) is 2.80. The van der Waals surface area contributed by atoms with Gasteiger partial charge in [0, 0.05) is 11.3 Å². The molecule has 0 aromatic heterocycles. The summed E-state index contributed by atoms with van der Waals surface area (Å²) in [5.74, 6) is -3.03. The minimum atomic E-state index is -1.05. The molecule has 0 aliphatic carbocycles. The fourth-order valence-electron chi connectivity index (χ4n) is 2.71. The van der Waals surface area contributed by atoms with Crippen LogP contribution in [-0.4, -0.2) is 23.5 Å². The Morgan fingerprint density at radius 1 is 0.970 bits per heavy atom. The van der Waals surface area contributed by atoms with Crippen LogP contribution in [0.15, 0.2) is 71.8 Å². The Bertz CT molecular complexity index is 1240. The van der Waals surface area contributed by atoms with E-state index in [0.29, 0.717) is 16.8 Å². The summed E-state index contributed by atoms with van der Waals surface area (Å²) >= 11 is 5.66. The summed E-state index contributed by atoms with van der Waals surface area (Å²) < 4.78 is 18.7. The maximum Gasteiger partial charge on any atom is 0.343 e. The summed E-state index contributed by atoms with van der Waals surface area (Å²) in [5, 5.41) is 6.02. The van der Waals surface area contributed by atoms with E-state index in [4.69, 9.17) is 16.3 Å². The van der Waals surface area contributed by atoms with E-state index < -0.39 is 23.6 Å². The quantitative estimate of drug-likeness (QED) is 0.190. The van der Waals surface area contributed by atoms with Crippen molar-refractivity contribution < 1.29 is 23.5 Å². The van der Waals surface area contributed by atoms with Crippen LogP contribution in [0.2, 0.25) is 5.02 Å². The monoisotopic (exact) mass is 467 g/mol. The molecule has 0 fully saturated rings. The number of anilines is 1. The van der Waals surface area contributed by atoms with Gasteiger partial charge in [-0.25, -0.2) is 14.6 Å². The highest BCUT2D eigenvalue weighted by Gasteiger charge is 2.16. The molecule has 0 atom stereocenters. The molecule has 0 bridgehead atoms. The molecule has 2 N–H and O–H groups in total. The average molecular weight is 468 g/mol. The summed E-state index contributed by atoms with van der Waals surface area (Å²) in [6.45, 7) is 3.49. The third kappa shape index (κ3) is 6.24. The lowest BCUT2D eigenvalue weighted by atomic mass is 10.1. The Morgan fingerprint density at radius 3 is 2.36 bits per heavy atom. The summed E-state index contributed by atoms with van der Waals surface area (Å²) in [7, 11) is 0. The first kappa shape index (κ1) is 23.6. The van der Waals surface area contributed by atoms with E-state index in [2.05, 4.69) is 15.8 Å². The molecule has 0 aliphatic heterocycles. The molecule has 3 rings (SSSR count). The molecule has 33 heavy (non-hydrogen) atoms. The number of hydrogen-bond donors (Lipinski definition) is 2. The van der Waals surface area contributed by atoms with E-state index in [-0.39, 0.29) is 16.5 Å². The lowest BCUT2D eigenvalue weighted by Crippen LogP contribution is -2.33. The third-order valence-electron chi connectivity index (χ3n) is 4.48. The Balaban J connectivity index is 1.68. The molecular formula is C24H19ClFN3O4. The van der Waals surface area contributed by atoms with Crippen LogP contribution in [0.4, 0.5) is 10.1 Å². The number of carbonyl (C=O) groups excluding carboxylic acids is 3. The van der Waals surface area contributed by atoms with Gasteiger partial charge in [0.1, 0.15) is 11.6 Å². The van der Waals surface area contributed by atoms with Crippen LogP contribution in [0.25, 0.3) is 0 Å². The van der Waals surface area contributed by atoms with Gasteiger partial charge in [0.05, 0.1) is 16.3 Å². The maximum absolute atomic E-state index is 13.2. The predicted molar refractivity (Wildman–Crippen MR) is 123 cm³/mol. The van der Waals surface area contributed by atoms with E-state index in [1.165, 1.54) is 12.1 Å². The largest absolute Gasteiger partial charge is 0.422 e. The molecule has 0 heterocycles. The van der Waals surface area contributed by atoms with Gasteiger partial charge in [-0.2, -0.15) is 5.10 Å². The molecule has 0 spiro atoms. The van der Waals surface area contributed by atoms with Crippen LogP contribution >= 0.6 is 11.6 Å². The fraction of sp³-hybridized carbons (Fsp3) is 0.0833. The first-order valence-corrected chi connectivity index (χ1v) is 10.1. The summed E-state index contributed by atoms with van der Waals surface area (Å²) in [6.07, 6.45) is 0. The highest BCUT2D eigenvalue weighted by molar-refractivity contribution is 6.40. The van der Waals surface area contributed by atoms with Gasteiger partial charge in [0.2, 0.25) is 0 Å². The standard InChI is InChI=1S/C24H19ClFN3O4/c1-14-7-9-16(10-8-14)24(32)33-21-6-4-3-5-18(21)15(2)28-29-23(31)22(30)27-17-11-12-20(26)19(25)13-17/h3-13H,1-2H3,(H,27,30)(H,29,31)/b28-15+. The summed E-state index contributed by atoms with van der Waals surface area (Å²) in [4.78, 5) is 36.6. The van der Waals surface area contributed by atoms with Crippen molar-refractivity contribution >= 4 is 40.8 Å². The number of hydrogen-bond acceptors (Lipinski definition) is 5. The normalized spacial score (nSPS) is 11.0. The van der Waals surface area contributed by atoms with Crippen LogP contribution in [0.5, 0.6) is 5.75 Å². The lowest BCUT2D eigenvalue weighted by Gasteiger charge is -2.10. The van der Waals surface area contributed by atoms with E-state index in [1.807, 2.05) is 6.92 Å². The third-order valence-corrected chi connectivity index (χ3v) is 4.77. The minimum absolute atomic E-state index is 0.149. The second kappa shape index (κ2) is 10.5. The van der Waals surface area contributed by atoms with Crippen LogP contribution < -0.4 is 15.5 Å². The van der Waals surface area contributed by atoms with E-state index >= 15 is 0 Å². The zero-order valence-electron chi connectivity index (χ0n) is 17.7. The van der Waals surface area contributed by atoms with Gasteiger partial charge >= 0.3 is 17.8 Å². The number of amides is 2. The smallest absolute Gasteiger partial charge is 0.343 e. The number of ether oxygens (including phenoxy) is 1. The van der Waals surface area contributed by atoms with Crippen LogP contribution in [0.1, 0.15) is 28.4 Å². The van der Waals surface area contributed by atoms with Gasteiger partial charge in [-0.3, -0.25) is 9.59 Å². The zero-order valence-corrected chi connectivity index (χ0v) is 18.4. The number of nitrogens with one attached hydrogen (secondary N) is 2. The van der Waals surface area contributed by atoms with Crippen molar-refractivity contribution in [3.63, 3.8) is 0 Å². The molecular weight excluding hydrogens is 449 g/mol.